The average Bonchev–Trinajstić information content (AvgIpc) is 2.97. The molecular formula is C21H23N3O4. The Morgan fingerprint density at radius 1 is 1.07 bits per heavy atom. The second-order valence-electron chi connectivity index (χ2n) is 6.92. The van der Waals surface area contributed by atoms with Gasteiger partial charge in [0.15, 0.2) is 0 Å². The Kier molecular flexibility index (Phi) is 5.63. The molecule has 1 aliphatic heterocycles. The molecule has 7 nitrogen and oxygen atoms in total. The third-order valence-corrected chi connectivity index (χ3v) is 4.86. The highest BCUT2D eigenvalue weighted by molar-refractivity contribution is 6.06. The number of carbonyl (C=O) groups excluding carboxylic acids is 3. The molecule has 4 amide bonds. The molecule has 0 aromatic heterocycles. The van der Waals surface area contributed by atoms with Crippen LogP contribution < -0.4 is 20.7 Å². The Balaban J connectivity index is 1.73. The van der Waals surface area contributed by atoms with Crippen molar-refractivity contribution < 1.29 is 19.1 Å². The molecule has 2 aromatic rings. The second-order valence-corrected chi connectivity index (χ2v) is 6.92. The van der Waals surface area contributed by atoms with Crippen molar-refractivity contribution in [1.82, 2.24) is 16.0 Å². The molecule has 1 fully saturated rings. The molecule has 0 spiro atoms. The van der Waals surface area contributed by atoms with E-state index >= 15 is 0 Å². The van der Waals surface area contributed by atoms with E-state index in [2.05, 4.69) is 16.0 Å². The van der Waals surface area contributed by atoms with Crippen LogP contribution in [0.2, 0.25) is 0 Å². The zero-order valence-electron chi connectivity index (χ0n) is 15.8. The highest BCUT2D eigenvalue weighted by Crippen LogP contribution is 2.25. The predicted molar refractivity (Wildman–Crippen MR) is 104 cm³/mol. The molecule has 1 saturated heterocycles. The van der Waals surface area contributed by atoms with Gasteiger partial charge in [-0.2, -0.15) is 0 Å². The van der Waals surface area contributed by atoms with E-state index in [1.54, 1.807) is 14.0 Å². The summed E-state index contributed by atoms with van der Waals surface area (Å²) in [5, 5.41) is 7.80. The van der Waals surface area contributed by atoms with Crippen LogP contribution in [0.5, 0.6) is 5.75 Å². The molecule has 0 bridgehead atoms. The van der Waals surface area contributed by atoms with Crippen LogP contribution in [0.25, 0.3) is 0 Å². The minimum absolute atomic E-state index is 0.101. The lowest BCUT2D eigenvalue weighted by atomic mass is 9.95. The Morgan fingerprint density at radius 3 is 2.29 bits per heavy atom. The van der Waals surface area contributed by atoms with Gasteiger partial charge in [0.05, 0.1) is 13.2 Å². The maximum absolute atomic E-state index is 12.6. The van der Waals surface area contributed by atoms with Gasteiger partial charge in [-0.1, -0.05) is 42.5 Å². The lowest BCUT2D eigenvalue weighted by molar-refractivity contribution is -0.125. The minimum atomic E-state index is -1.07. The molecule has 3 N–H and O–H groups in total. The predicted octanol–water partition coefficient (Wildman–Crippen LogP) is 2.28. The number of hydrogen-bond acceptors (Lipinski definition) is 4. The SMILES string of the molecule is COc1ccc([C@@H](NC(=O)CC[C@@]2(C)NC(=O)NC2=O)c2ccccc2)cc1. The second kappa shape index (κ2) is 8.12. The minimum Gasteiger partial charge on any atom is -0.497 e. The Labute approximate surface area is 163 Å². The highest BCUT2D eigenvalue weighted by Gasteiger charge is 2.41. The van der Waals surface area contributed by atoms with Crippen LogP contribution in [0.3, 0.4) is 0 Å². The highest BCUT2D eigenvalue weighted by atomic mass is 16.5. The molecule has 0 aliphatic carbocycles. The molecule has 0 radical (unpaired) electrons. The summed E-state index contributed by atoms with van der Waals surface area (Å²) in [5.74, 6) is 0.109. The molecule has 3 rings (SSSR count). The summed E-state index contributed by atoms with van der Waals surface area (Å²) in [7, 11) is 1.60. The van der Waals surface area contributed by atoms with Crippen LogP contribution in [0, 0.1) is 0 Å². The van der Waals surface area contributed by atoms with Crippen molar-refractivity contribution in [3.8, 4) is 5.75 Å². The number of amides is 4. The lowest BCUT2D eigenvalue weighted by Crippen LogP contribution is -2.44. The van der Waals surface area contributed by atoms with Gasteiger partial charge in [0.2, 0.25) is 5.91 Å². The lowest BCUT2D eigenvalue weighted by Gasteiger charge is -2.23. The van der Waals surface area contributed by atoms with Gasteiger partial charge in [-0.05, 0) is 36.6 Å². The van der Waals surface area contributed by atoms with E-state index < -0.39 is 17.5 Å². The van der Waals surface area contributed by atoms with Gasteiger partial charge in [-0.25, -0.2) is 4.79 Å². The number of methoxy groups -OCH3 is 1. The van der Waals surface area contributed by atoms with Crippen LogP contribution in [-0.2, 0) is 9.59 Å². The Morgan fingerprint density at radius 2 is 1.71 bits per heavy atom. The number of rotatable bonds is 7. The number of nitrogens with one attached hydrogen (secondary N) is 3. The molecule has 146 valence electrons. The van der Waals surface area contributed by atoms with E-state index in [0.29, 0.717) is 0 Å². The van der Waals surface area contributed by atoms with Crippen molar-refractivity contribution in [1.29, 1.82) is 0 Å². The number of carbonyl (C=O) groups is 3. The first-order valence-corrected chi connectivity index (χ1v) is 9.03. The quantitative estimate of drug-likeness (QED) is 0.641. The molecule has 7 heteroatoms. The molecular weight excluding hydrogens is 358 g/mol. The smallest absolute Gasteiger partial charge is 0.322 e. The van der Waals surface area contributed by atoms with Crippen LogP contribution in [0.15, 0.2) is 54.6 Å². The average molecular weight is 381 g/mol. The van der Waals surface area contributed by atoms with Crippen molar-refractivity contribution in [2.24, 2.45) is 0 Å². The van der Waals surface area contributed by atoms with Crippen LogP contribution in [-0.4, -0.2) is 30.5 Å². The van der Waals surface area contributed by atoms with E-state index in [-0.39, 0.29) is 24.8 Å². The van der Waals surface area contributed by atoms with Crippen molar-refractivity contribution >= 4 is 17.8 Å². The standard InChI is InChI=1S/C21H23N3O4/c1-21(19(26)23-20(27)24-21)13-12-17(25)22-18(14-6-4-3-5-7-14)15-8-10-16(28-2)11-9-15/h3-11,18H,12-13H2,1-2H3,(H,22,25)(H2,23,24,26,27)/t18-,21+/m0/s1. The van der Waals surface area contributed by atoms with E-state index in [1.165, 1.54) is 0 Å². The molecule has 0 unspecified atom stereocenters. The molecule has 0 saturated carbocycles. The first-order chi connectivity index (χ1) is 13.4. The topological polar surface area (TPSA) is 96.5 Å². The van der Waals surface area contributed by atoms with Gasteiger partial charge in [0, 0.05) is 6.42 Å². The van der Waals surface area contributed by atoms with Crippen molar-refractivity contribution in [3.63, 3.8) is 0 Å². The zero-order valence-corrected chi connectivity index (χ0v) is 15.8. The summed E-state index contributed by atoms with van der Waals surface area (Å²) in [4.78, 5) is 35.9. The number of imide groups is 1. The molecule has 2 aromatic carbocycles. The fourth-order valence-corrected chi connectivity index (χ4v) is 3.15. The normalized spacial score (nSPS) is 19.5. The number of hydrogen-bond donors (Lipinski definition) is 3. The maximum atomic E-state index is 12.6. The van der Waals surface area contributed by atoms with Crippen LogP contribution in [0.1, 0.15) is 36.9 Å². The summed E-state index contributed by atoms with van der Waals surface area (Å²) in [5.41, 5.74) is 0.786. The fraction of sp³-hybridized carbons (Fsp3) is 0.286. The van der Waals surface area contributed by atoms with Gasteiger partial charge in [-0.15, -0.1) is 0 Å². The summed E-state index contributed by atoms with van der Waals surface area (Å²) < 4.78 is 5.20. The van der Waals surface area contributed by atoms with Crippen molar-refractivity contribution in [2.45, 2.75) is 31.3 Å². The Hall–Kier alpha value is -3.35. The van der Waals surface area contributed by atoms with E-state index in [1.807, 2.05) is 54.6 Å². The van der Waals surface area contributed by atoms with Gasteiger partial charge in [0.25, 0.3) is 5.91 Å². The number of benzene rings is 2. The van der Waals surface area contributed by atoms with E-state index in [9.17, 15) is 14.4 Å². The van der Waals surface area contributed by atoms with Gasteiger partial charge in [-0.3, -0.25) is 14.9 Å². The first-order valence-electron chi connectivity index (χ1n) is 9.03. The van der Waals surface area contributed by atoms with Crippen molar-refractivity contribution in [2.75, 3.05) is 7.11 Å². The van der Waals surface area contributed by atoms with Crippen molar-refractivity contribution in [3.05, 3.63) is 65.7 Å². The van der Waals surface area contributed by atoms with E-state index in [0.717, 1.165) is 16.9 Å². The summed E-state index contributed by atoms with van der Waals surface area (Å²) in [6.07, 6.45) is 0.310. The third kappa shape index (κ3) is 4.31. The summed E-state index contributed by atoms with van der Waals surface area (Å²) in [6, 6.07) is 16.3. The summed E-state index contributed by atoms with van der Waals surface area (Å²) in [6.45, 7) is 1.61. The monoisotopic (exact) mass is 381 g/mol. The van der Waals surface area contributed by atoms with E-state index in [4.69, 9.17) is 4.74 Å². The summed E-state index contributed by atoms with van der Waals surface area (Å²) >= 11 is 0. The van der Waals surface area contributed by atoms with Gasteiger partial charge >= 0.3 is 6.03 Å². The first kappa shape index (κ1) is 19.4. The van der Waals surface area contributed by atoms with Gasteiger partial charge in [0.1, 0.15) is 11.3 Å². The van der Waals surface area contributed by atoms with Crippen LogP contribution in [0.4, 0.5) is 4.79 Å². The molecule has 1 aliphatic rings. The van der Waals surface area contributed by atoms with Crippen LogP contribution >= 0.6 is 0 Å². The number of urea groups is 1. The molecule has 1 heterocycles. The Bertz CT molecular complexity index is 867. The number of ether oxygens (including phenoxy) is 1. The third-order valence-electron chi connectivity index (χ3n) is 4.86. The van der Waals surface area contributed by atoms with Gasteiger partial charge < -0.3 is 15.4 Å². The zero-order chi connectivity index (χ0) is 20.1. The fourth-order valence-electron chi connectivity index (χ4n) is 3.15. The largest absolute Gasteiger partial charge is 0.497 e. The maximum Gasteiger partial charge on any atom is 0.322 e. The molecule has 28 heavy (non-hydrogen) atoms. The molecule has 2 atom stereocenters.